The van der Waals surface area contributed by atoms with Crippen LogP contribution in [0.3, 0.4) is 0 Å². The van der Waals surface area contributed by atoms with Gasteiger partial charge in [0.2, 0.25) is 0 Å². The van der Waals surface area contributed by atoms with E-state index in [-0.39, 0.29) is 0 Å². The fraction of sp³-hybridized carbons (Fsp3) is 0.231. The van der Waals surface area contributed by atoms with E-state index in [0.717, 1.165) is 28.9 Å². The van der Waals surface area contributed by atoms with Crippen LogP contribution in [0.1, 0.15) is 0 Å². The number of hydrogen-bond donors (Lipinski definition) is 0. The Balaban J connectivity index is 2.20. The van der Waals surface area contributed by atoms with Gasteiger partial charge in [-0.25, -0.2) is 9.97 Å². The Morgan fingerprint density at radius 1 is 1.06 bits per heavy atom. The average molecular weight is 258 g/mol. The van der Waals surface area contributed by atoms with E-state index in [2.05, 4.69) is 38.2 Å². The molecule has 0 aliphatic carbocycles. The van der Waals surface area contributed by atoms with Gasteiger partial charge in [-0.2, -0.15) is 0 Å². The Morgan fingerprint density at radius 2 is 1.72 bits per heavy atom. The lowest BCUT2D eigenvalue weighted by molar-refractivity contribution is 1.00. The quantitative estimate of drug-likeness (QED) is 0.826. The highest BCUT2D eigenvalue weighted by Crippen LogP contribution is 2.44. The van der Waals surface area contributed by atoms with Gasteiger partial charge in [0.1, 0.15) is 0 Å². The number of nitrogens with zero attached hydrogens (tertiary/aromatic N) is 4. The predicted molar refractivity (Wildman–Crippen MR) is 77.1 cm³/mol. The van der Waals surface area contributed by atoms with Crippen LogP contribution in [0.4, 0.5) is 23.0 Å². The van der Waals surface area contributed by atoms with E-state index >= 15 is 0 Å². The lowest BCUT2D eigenvalue weighted by atomic mass is 10.2. The second-order valence-electron chi connectivity index (χ2n) is 4.10. The van der Waals surface area contributed by atoms with Crippen molar-refractivity contribution in [1.29, 1.82) is 0 Å². The lowest BCUT2D eigenvalue weighted by Crippen LogP contribution is -2.28. The number of rotatable bonds is 2. The van der Waals surface area contributed by atoms with Crippen LogP contribution in [0.15, 0.2) is 36.7 Å². The molecule has 0 spiro atoms. The molecule has 0 radical (unpaired) electrons. The molecule has 3 rings (SSSR count). The molecular weight excluding hydrogens is 244 g/mol. The monoisotopic (exact) mass is 258 g/mol. The molecule has 0 bridgehead atoms. The van der Waals surface area contributed by atoms with Gasteiger partial charge in [0.05, 0.1) is 17.3 Å². The molecular formula is C13H14N4S. The maximum Gasteiger partial charge on any atom is 0.157 e. The molecule has 3 heterocycles. The molecule has 2 aromatic rings. The molecule has 1 aliphatic heterocycles. The molecule has 0 atom stereocenters. The van der Waals surface area contributed by atoms with Crippen molar-refractivity contribution in [3.63, 3.8) is 0 Å². The van der Waals surface area contributed by atoms with Gasteiger partial charge < -0.3 is 9.80 Å². The molecule has 5 heteroatoms. The third-order valence-electron chi connectivity index (χ3n) is 3.02. The molecule has 1 aliphatic rings. The van der Waals surface area contributed by atoms with E-state index in [1.807, 2.05) is 31.6 Å². The fourth-order valence-electron chi connectivity index (χ4n) is 2.20. The minimum absolute atomic E-state index is 0.872. The fourth-order valence-corrected chi connectivity index (χ4v) is 2.72. The highest BCUT2D eigenvalue weighted by Gasteiger charge is 2.27. The van der Waals surface area contributed by atoms with E-state index in [0.29, 0.717) is 0 Å². The van der Waals surface area contributed by atoms with E-state index in [1.54, 1.807) is 11.8 Å². The Labute approximate surface area is 111 Å². The predicted octanol–water partition coefficient (Wildman–Crippen LogP) is 3.02. The number of hydrogen-bond acceptors (Lipinski definition) is 5. The van der Waals surface area contributed by atoms with E-state index in [4.69, 9.17) is 0 Å². The van der Waals surface area contributed by atoms with Crippen LogP contribution in [0.2, 0.25) is 0 Å². The van der Waals surface area contributed by atoms with E-state index in [1.165, 1.54) is 0 Å². The van der Waals surface area contributed by atoms with Crippen LogP contribution in [0.5, 0.6) is 0 Å². The minimum atomic E-state index is 0.872. The first-order chi connectivity index (χ1) is 8.83. The van der Waals surface area contributed by atoms with Crippen LogP contribution in [0.25, 0.3) is 0 Å². The molecule has 4 nitrogen and oxygen atoms in total. The molecule has 18 heavy (non-hydrogen) atoms. The molecule has 0 saturated heterocycles. The maximum absolute atomic E-state index is 4.51. The Hall–Kier alpha value is -1.75. The summed E-state index contributed by atoms with van der Waals surface area (Å²) in [5.41, 5.74) is 2.21. The Morgan fingerprint density at radius 3 is 2.44 bits per heavy atom. The van der Waals surface area contributed by atoms with Crippen LogP contribution < -0.4 is 9.80 Å². The summed E-state index contributed by atoms with van der Waals surface area (Å²) in [4.78, 5) is 13.3. The van der Waals surface area contributed by atoms with Crippen molar-refractivity contribution < 1.29 is 0 Å². The standard InChI is InChI=1S/C13H14N4S/c1-16-10-5-3-8-15-13(10)17(9-18-2)11-6-4-7-14-12(11)16/h3-8H,9H2,1-2H3. The van der Waals surface area contributed by atoms with E-state index < -0.39 is 0 Å². The largest absolute Gasteiger partial charge is 0.325 e. The smallest absolute Gasteiger partial charge is 0.157 e. The molecule has 0 aromatic carbocycles. The summed E-state index contributed by atoms with van der Waals surface area (Å²) in [7, 11) is 2.03. The third kappa shape index (κ3) is 1.62. The summed E-state index contributed by atoms with van der Waals surface area (Å²) in [6.45, 7) is 0. The van der Waals surface area contributed by atoms with Crippen molar-refractivity contribution in [2.45, 2.75) is 0 Å². The van der Waals surface area contributed by atoms with Crippen LogP contribution >= 0.6 is 11.8 Å². The van der Waals surface area contributed by atoms with Gasteiger partial charge in [0.15, 0.2) is 11.6 Å². The van der Waals surface area contributed by atoms with Gasteiger partial charge in [-0.3, -0.25) is 0 Å². The van der Waals surface area contributed by atoms with Crippen molar-refractivity contribution in [3.05, 3.63) is 36.7 Å². The van der Waals surface area contributed by atoms with Crippen LogP contribution in [0, 0.1) is 0 Å². The SMILES string of the molecule is CSCN1c2cccnc2N(C)c2cccnc21. The first-order valence-electron chi connectivity index (χ1n) is 5.73. The van der Waals surface area contributed by atoms with Crippen molar-refractivity contribution in [2.75, 3.05) is 29.0 Å². The summed E-state index contributed by atoms with van der Waals surface area (Å²) in [6, 6.07) is 8.09. The van der Waals surface area contributed by atoms with Crippen molar-refractivity contribution in [1.82, 2.24) is 9.97 Å². The second kappa shape index (κ2) is 4.49. The topological polar surface area (TPSA) is 32.3 Å². The van der Waals surface area contributed by atoms with Gasteiger partial charge in [-0.05, 0) is 30.5 Å². The maximum atomic E-state index is 4.51. The third-order valence-corrected chi connectivity index (χ3v) is 3.53. The number of anilines is 4. The molecule has 0 saturated carbocycles. The van der Waals surface area contributed by atoms with Gasteiger partial charge >= 0.3 is 0 Å². The summed E-state index contributed by atoms with van der Waals surface area (Å²) in [6.07, 6.45) is 5.76. The first kappa shape index (κ1) is 11.3. The molecule has 0 amide bonds. The Bertz CT molecular complexity index is 525. The van der Waals surface area contributed by atoms with Gasteiger partial charge in [-0.15, -0.1) is 11.8 Å². The molecule has 0 unspecified atom stereocenters. The van der Waals surface area contributed by atoms with Crippen molar-refractivity contribution in [3.8, 4) is 0 Å². The van der Waals surface area contributed by atoms with Crippen molar-refractivity contribution >= 4 is 34.8 Å². The van der Waals surface area contributed by atoms with Crippen LogP contribution in [-0.2, 0) is 0 Å². The normalized spacial score (nSPS) is 13.2. The highest BCUT2D eigenvalue weighted by atomic mass is 32.2. The first-order valence-corrected chi connectivity index (χ1v) is 7.12. The summed E-state index contributed by atoms with van der Waals surface area (Å²) >= 11 is 1.78. The zero-order valence-corrected chi connectivity index (χ0v) is 11.2. The summed E-state index contributed by atoms with van der Waals surface area (Å²) in [5.74, 6) is 2.85. The second-order valence-corrected chi connectivity index (χ2v) is 4.93. The van der Waals surface area contributed by atoms with Gasteiger partial charge in [-0.1, -0.05) is 0 Å². The van der Waals surface area contributed by atoms with E-state index in [9.17, 15) is 0 Å². The molecule has 0 fully saturated rings. The highest BCUT2D eigenvalue weighted by molar-refractivity contribution is 7.98. The zero-order valence-electron chi connectivity index (χ0n) is 10.4. The minimum Gasteiger partial charge on any atom is -0.325 e. The summed E-state index contributed by atoms with van der Waals surface area (Å²) in [5, 5.41) is 0. The number of thioether (sulfide) groups is 1. The number of fused-ring (bicyclic) bond motifs is 2. The lowest BCUT2D eigenvalue weighted by Gasteiger charge is -2.35. The van der Waals surface area contributed by atoms with Gasteiger partial charge in [0.25, 0.3) is 0 Å². The van der Waals surface area contributed by atoms with Crippen LogP contribution in [-0.4, -0.2) is 29.1 Å². The average Bonchev–Trinajstić information content (AvgIpc) is 2.43. The van der Waals surface area contributed by atoms with Crippen molar-refractivity contribution in [2.24, 2.45) is 0 Å². The van der Waals surface area contributed by atoms with Gasteiger partial charge in [0, 0.05) is 19.4 Å². The number of pyridine rings is 2. The Kier molecular flexibility index (Phi) is 2.83. The molecule has 0 N–H and O–H groups in total. The number of aromatic nitrogens is 2. The summed E-state index contributed by atoms with van der Waals surface area (Å²) < 4.78 is 0. The molecule has 92 valence electrons. The zero-order chi connectivity index (χ0) is 12.5. The molecule has 2 aromatic heterocycles.